The van der Waals surface area contributed by atoms with Crippen LogP contribution in [0.5, 0.6) is 0 Å². The molecule has 0 saturated carbocycles. The van der Waals surface area contributed by atoms with Gasteiger partial charge in [-0.25, -0.2) is 0 Å². The second-order valence-corrected chi connectivity index (χ2v) is 6.37. The third kappa shape index (κ3) is 3.14. The van der Waals surface area contributed by atoms with Crippen LogP contribution in [-0.4, -0.2) is 13.1 Å². The van der Waals surface area contributed by atoms with E-state index in [9.17, 15) is 0 Å². The van der Waals surface area contributed by atoms with E-state index in [4.69, 9.17) is 0 Å². The summed E-state index contributed by atoms with van der Waals surface area (Å²) in [5.41, 5.74) is 3.49. The van der Waals surface area contributed by atoms with Gasteiger partial charge in [0.15, 0.2) is 0 Å². The first-order valence-electron chi connectivity index (χ1n) is 8.75. The van der Waals surface area contributed by atoms with Gasteiger partial charge >= 0.3 is 0 Å². The Hall–Kier alpha value is -2.72. The summed E-state index contributed by atoms with van der Waals surface area (Å²) in [7, 11) is 0. The Morgan fingerprint density at radius 1 is 0.667 bits per heavy atom. The highest BCUT2D eigenvalue weighted by Gasteiger charge is 2.10. The summed E-state index contributed by atoms with van der Waals surface area (Å²) >= 11 is 0. The molecule has 1 aliphatic heterocycles. The molecule has 0 aliphatic carbocycles. The average molecular weight is 311 g/mol. The van der Waals surface area contributed by atoms with Gasteiger partial charge in [0.05, 0.1) is 0 Å². The number of anilines is 1. The van der Waals surface area contributed by atoms with Crippen molar-refractivity contribution in [3.63, 3.8) is 0 Å². The third-order valence-electron chi connectivity index (χ3n) is 4.72. The van der Waals surface area contributed by atoms with Gasteiger partial charge in [0.25, 0.3) is 0 Å². The average Bonchev–Trinajstić information content (AvgIpc) is 2.67. The van der Waals surface area contributed by atoms with Crippen LogP contribution in [0.15, 0.2) is 66.7 Å². The molecule has 0 atom stereocenters. The van der Waals surface area contributed by atoms with E-state index in [1.807, 2.05) is 0 Å². The Kier molecular flexibility index (Phi) is 4.21. The van der Waals surface area contributed by atoms with Crippen molar-refractivity contribution in [1.82, 2.24) is 0 Å². The van der Waals surface area contributed by atoms with E-state index in [0.29, 0.717) is 0 Å². The van der Waals surface area contributed by atoms with Crippen LogP contribution in [0.2, 0.25) is 0 Å². The zero-order valence-corrected chi connectivity index (χ0v) is 13.8. The molecular formula is C23H21N. The molecule has 1 heterocycles. The minimum absolute atomic E-state index is 1.07. The fourth-order valence-corrected chi connectivity index (χ4v) is 3.38. The van der Waals surface area contributed by atoms with Crippen LogP contribution < -0.4 is 4.90 Å². The van der Waals surface area contributed by atoms with Gasteiger partial charge in [-0.3, -0.25) is 0 Å². The van der Waals surface area contributed by atoms with Crippen molar-refractivity contribution in [3.8, 4) is 11.8 Å². The summed E-state index contributed by atoms with van der Waals surface area (Å²) in [4.78, 5) is 2.48. The van der Waals surface area contributed by atoms with E-state index in [0.717, 1.165) is 11.1 Å². The van der Waals surface area contributed by atoms with Gasteiger partial charge in [-0.1, -0.05) is 48.2 Å². The van der Waals surface area contributed by atoms with Crippen molar-refractivity contribution in [2.24, 2.45) is 0 Å². The smallest absolute Gasteiger partial charge is 0.0367 e. The fraction of sp³-hybridized carbons (Fsp3) is 0.217. The molecule has 3 aromatic carbocycles. The Morgan fingerprint density at radius 2 is 1.42 bits per heavy atom. The fourth-order valence-electron chi connectivity index (χ4n) is 3.38. The normalized spacial score (nSPS) is 14.2. The first kappa shape index (κ1) is 14.8. The molecule has 1 aliphatic rings. The maximum Gasteiger partial charge on any atom is 0.0367 e. The van der Waals surface area contributed by atoms with Crippen molar-refractivity contribution in [3.05, 3.63) is 77.9 Å². The molecule has 0 bridgehead atoms. The topological polar surface area (TPSA) is 3.24 Å². The van der Waals surface area contributed by atoms with Crippen molar-refractivity contribution in [2.45, 2.75) is 19.3 Å². The summed E-state index contributed by atoms with van der Waals surface area (Å²) in [6.07, 6.45) is 3.98. The highest BCUT2D eigenvalue weighted by molar-refractivity contribution is 5.88. The van der Waals surface area contributed by atoms with Crippen LogP contribution in [0.1, 0.15) is 30.4 Å². The molecule has 0 amide bonds. The molecular weight excluding hydrogens is 290 g/mol. The van der Waals surface area contributed by atoms with Crippen LogP contribution in [0.4, 0.5) is 5.69 Å². The SMILES string of the molecule is C(#Cc1cccc2ccccc12)c1ccc(N2CCCCC2)cc1. The highest BCUT2D eigenvalue weighted by Crippen LogP contribution is 2.20. The molecule has 4 rings (SSSR count). The third-order valence-corrected chi connectivity index (χ3v) is 4.72. The molecule has 0 spiro atoms. The molecule has 0 radical (unpaired) electrons. The first-order valence-corrected chi connectivity index (χ1v) is 8.75. The van der Waals surface area contributed by atoms with E-state index in [1.54, 1.807) is 0 Å². The Morgan fingerprint density at radius 3 is 2.25 bits per heavy atom. The largest absolute Gasteiger partial charge is 0.372 e. The molecule has 0 N–H and O–H groups in total. The lowest BCUT2D eigenvalue weighted by Crippen LogP contribution is -2.29. The second-order valence-electron chi connectivity index (χ2n) is 6.37. The van der Waals surface area contributed by atoms with Crippen LogP contribution in [0.3, 0.4) is 0 Å². The van der Waals surface area contributed by atoms with Crippen LogP contribution in [0, 0.1) is 11.8 Å². The summed E-state index contributed by atoms with van der Waals surface area (Å²) in [6, 6.07) is 23.4. The minimum atomic E-state index is 1.07. The molecule has 1 heteroatoms. The van der Waals surface area contributed by atoms with Crippen LogP contribution in [0.25, 0.3) is 10.8 Å². The van der Waals surface area contributed by atoms with Gasteiger partial charge < -0.3 is 4.90 Å². The number of nitrogens with zero attached hydrogens (tertiary/aromatic N) is 1. The summed E-state index contributed by atoms with van der Waals surface area (Å²) in [5.74, 6) is 6.65. The summed E-state index contributed by atoms with van der Waals surface area (Å²) in [6.45, 7) is 2.36. The van der Waals surface area contributed by atoms with Crippen molar-refractivity contribution in [1.29, 1.82) is 0 Å². The van der Waals surface area contributed by atoms with Crippen LogP contribution >= 0.6 is 0 Å². The zero-order valence-electron chi connectivity index (χ0n) is 13.8. The molecule has 1 nitrogen and oxygen atoms in total. The molecule has 1 fully saturated rings. The predicted molar refractivity (Wildman–Crippen MR) is 102 cm³/mol. The zero-order chi connectivity index (χ0) is 16.2. The maximum absolute atomic E-state index is 3.34. The number of piperidine rings is 1. The standard InChI is InChI=1S/C23H21N/c1-4-17-24(18-5-1)22-15-12-19(13-16-22)11-14-21-9-6-8-20-7-2-3-10-23(20)21/h2-3,6-10,12-13,15-16H,1,4-5,17-18H2. The lowest BCUT2D eigenvalue weighted by molar-refractivity contribution is 0.578. The number of fused-ring (bicyclic) bond motifs is 1. The van der Waals surface area contributed by atoms with Crippen molar-refractivity contribution >= 4 is 16.5 Å². The summed E-state index contributed by atoms with van der Waals surface area (Å²) < 4.78 is 0. The number of hydrogen-bond acceptors (Lipinski definition) is 1. The van der Waals surface area contributed by atoms with Gasteiger partial charge in [0, 0.05) is 29.9 Å². The monoisotopic (exact) mass is 311 g/mol. The highest BCUT2D eigenvalue weighted by atomic mass is 15.1. The minimum Gasteiger partial charge on any atom is -0.372 e. The van der Waals surface area contributed by atoms with Gasteiger partial charge in [-0.15, -0.1) is 0 Å². The molecule has 0 unspecified atom stereocenters. The van der Waals surface area contributed by atoms with E-state index in [-0.39, 0.29) is 0 Å². The lowest BCUT2D eigenvalue weighted by atomic mass is 10.0. The number of hydrogen-bond donors (Lipinski definition) is 0. The Balaban J connectivity index is 1.58. The lowest BCUT2D eigenvalue weighted by Gasteiger charge is -2.28. The maximum atomic E-state index is 3.34. The number of rotatable bonds is 1. The molecule has 118 valence electrons. The molecule has 0 aromatic heterocycles. The predicted octanol–water partition coefficient (Wildman–Crippen LogP) is 5.23. The summed E-state index contributed by atoms with van der Waals surface area (Å²) in [5, 5.41) is 2.46. The van der Waals surface area contributed by atoms with Gasteiger partial charge in [-0.2, -0.15) is 0 Å². The first-order chi connectivity index (χ1) is 11.9. The molecule has 24 heavy (non-hydrogen) atoms. The Bertz CT molecular complexity index is 885. The van der Waals surface area contributed by atoms with E-state index in [1.165, 1.54) is 48.8 Å². The molecule has 1 saturated heterocycles. The van der Waals surface area contributed by atoms with E-state index < -0.39 is 0 Å². The van der Waals surface area contributed by atoms with Gasteiger partial charge in [-0.05, 0) is 60.4 Å². The Labute approximate surface area is 143 Å². The van der Waals surface area contributed by atoms with E-state index >= 15 is 0 Å². The van der Waals surface area contributed by atoms with Crippen molar-refractivity contribution < 1.29 is 0 Å². The molecule has 3 aromatic rings. The second kappa shape index (κ2) is 6.81. The van der Waals surface area contributed by atoms with Gasteiger partial charge in [0.2, 0.25) is 0 Å². The number of benzene rings is 3. The van der Waals surface area contributed by atoms with E-state index in [2.05, 4.69) is 83.5 Å². The van der Waals surface area contributed by atoms with Crippen molar-refractivity contribution in [2.75, 3.05) is 18.0 Å². The quantitative estimate of drug-likeness (QED) is 0.556. The van der Waals surface area contributed by atoms with Crippen LogP contribution in [-0.2, 0) is 0 Å². The van der Waals surface area contributed by atoms with Gasteiger partial charge in [0.1, 0.15) is 0 Å².